The van der Waals surface area contributed by atoms with Crippen molar-refractivity contribution in [3.8, 4) is 23.0 Å². The normalized spacial score (nSPS) is 11.3. The number of aliphatic carboxylic acids is 1. The molecule has 0 unspecified atom stereocenters. The Morgan fingerprint density at radius 3 is 2.54 bits per heavy atom. The van der Waals surface area contributed by atoms with Crippen molar-refractivity contribution in [3.05, 3.63) is 93.6 Å². The first-order chi connectivity index (χ1) is 16.9. The monoisotopic (exact) mass is 512 g/mol. The fraction of sp³-hybridized carbons (Fsp3) is 0.0800. The lowest BCUT2D eigenvalue weighted by Gasteiger charge is -2.07. The molecule has 3 aromatic carbocycles. The molecule has 7 nitrogen and oxygen atoms in total. The summed E-state index contributed by atoms with van der Waals surface area (Å²) in [4.78, 5) is 11.8. The van der Waals surface area contributed by atoms with E-state index in [1.54, 1.807) is 54.6 Å². The number of ether oxygens (including phenoxy) is 2. The molecule has 1 aromatic heterocycles. The van der Waals surface area contributed by atoms with Crippen LogP contribution >= 0.6 is 23.4 Å². The van der Waals surface area contributed by atoms with E-state index in [0.29, 0.717) is 27.6 Å². The first-order valence-electron chi connectivity index (χ1n) is 10.2. The molecule has 0 fully saturated rings. The fourth-order valence-electron chi connectivity index (χ4n) is 3.00. The molecule has 0 radical (unpaired) electrons. The number of halogens is 2. The van der Waals surface area contributed by atoms with Gasteiger partial charge >= 0.3 is 5.97 Å². The van der Waals surface area contributed by atoms with E-state index in [1.807, 2.05) is 0 Å². The summed E-state index contributed by atoms with van der Waals surface area (Å²) in [6, 6.07) is 17.9. The van der Waals surface area contributed by atoms with Crippen LogP contribution in [0.1, 0.15) is 11.1 Å². The largest absolute Gasteiger partial charge is 0.496 e. The van der Waals surface area contributed by atoms with Crippen LogP contribution in [0.2, 0.25) is 5.02 Å². The molecule has 0 spiro atoms. The van der Waals surface area contributed by atoms with Gasteiger partial charge in [-0.15, -0.1) is 10.2 Å². The summed E-state index contributed by atoms with van der Waals surface area (Å²) in [5.74, 6) is -0.220. The molecule has 4 rings (SSSR count). The lowest BCUT2D eigenvalue weighted by molar-refractivity contribution is -0.131. The lowest BCUT2D eigenvalue weighted by Crippen LogP contribution is -1.97. The maximum absolute atomic E-state index is 13.0. The van der Waals surface area contributed by atoms with Gasteiger partial charge in [0.2, 0.25) is 0 Å². The van der Waals surface area contributed by atoms with Crippen molar-refractivity contribution in [3.63, 3.8) is 0 Å². The van der Waals surface area contributed by atoms with Gasteiger partial charge in [0.1, 0.15) is 28.8 Å². The minimum absolute atomic E-state index is 0.0155. The van der Waals surface area contributed by atoms with Crippen LogP contribution in [0.25, 0.3) is 17.5 Å². The lowest BCUT2D eigenvalue weighted by atomic mass is 10.2. The van der Waals surface area contributed by atoms with Gasteiger partial charge in [-0.1, -0.05) is 35.9 Å². The van der Waals surface area contributed by atoms with Crippen molar-refractivity contribution in [2.24, 2.45) is 0 Å². The van der Waals surface area contributed by atoms with Gasteiger partial charge in [-0.3, -0.25) is 0 Å². The van der Waals surface area contributed by atoms with E-state index in [2.05, 4.69) is 10.2 Å². The highest BCUT2D eigenvalue weighted by Crippen LogP contribution is 2.35. The number of thioether (sulfide) groups is 1. The number of aromatic nitrogens is 2. The Morgan fingerprint density at radius 1 is 1.11 bits per heavy atom. The van der Waals surface area contributed by atoms with Crippen molar-refractivity contribution in [2.75, 3.05) is 7.11 Å². The quantitative estimate of drug-likeness (QED) is 0.205. The van der Waals surface area contributed by atoms with Crippen molar-refractivity contribution >= 4 is 35.4 Å². The van der Waals surface area contributed by atoms with E-state index in [9.17, 15) is 14.3 Å². The number of benzene rings is 3. The highest BCUT2D eigenvalue weighted by molar-refractivity contribution is 8.03. The molecular weight excluding hydrogens is 495 g/mol. The van der Waals surface area contributed by atoms with Crippen molar-refractivity contribution in [1.29, 1.82) is 0 Å². The van der Waals surface area contributed by atoms with Gasteiger partial charge in [0.25, 0.3) is 11.1 Å². The van der Waals surface area contributed by atoms with Crippen molar-refractivity contribution in [2.45, 2.75) is 11.8 Å². The van der Waals surface area contributed by atoms with E-state index >= 15 is 0 Å². The number of carboxylic acid groups (broad SMARTS) is 1. The van der Waals surface area contributed by atoms with E-state index in [-0.39, 0.29) is 28.4 Å². The van der Waals surface area contributed by atoms with E-state index < -0.39 is 5.97 Å². The summed E-state index contributed by atoms with van der Waals surface area (Å²) in [6.45, 7) is 0.280. The first-order valence-corrected chi connectivity index (χ1v) is 11.4. The van der Waals surface area contributed by atoms with Crippen LogP contribution < -0.4 is 9.47 Å². The summed E-state index contributed by atoms with van der Waals surface area (Å²) in [7, 11) is 1.50. The molecule has 0 aliphatic heterocycles. The van der Waals surface area contributed by atoms with Gasteiger partial charge in [0, 0.05) is 5.02 Å². The molecule has 0 bridgehead atoms. The van der Waals surface area contributed by atoms with Crippen LogP contribution in [0.15, 0.2) is 81.3 Å². The zero-order chi connectivity index (χ0) is 24.8. The molecular formula is C25H18ClFN2O5S. The SMILES string of the molecule is COc1ccc(Cl)cc1-c1nnc(S/C(=C\c2ccc(OCc3ccc(F)cc3)cc2)C(=O)O)o1. The molecule has 0 saturated heterocycles. The number of carboxylic acids is 1. The van der Waals surface area contributed by atoms with Crippen LogP contribution in [0.3, 0.4) is 0 Å². The Labute approximate surface area is 209 Å². The van der Waals surface area contributed by atoms with Gasteiger partial charge in [-0.05, 0) is 71.4 Å². The second-order valence-corrected chi connectivity index (χ2v) is 8.55. The van der Waals surface area contributed by atoms with Gasteiger partial charge in [0.05, 0.1) is 12.7 Å². The van der Waals surface area contributed by atoms with Crippen molar-refractivity contribution in [1.82, 2.24) is 10.2 Å². The highest BCUT2D eigenvalue weighted by Gasteiger charge is 2.18. The Hall–Kier alpha value is -3.82. The van der Waals surface area contributed by atoms with Crippen LogP contribution in [0.4, 0.5) is 4.39 Å². The molecule has 4 aromatic rings. The van der Waals surface area contributed by atoms with E-state index in [1.165, 1.54) is 25.3 Å². The number of hydrogen-bond donors (Lipinski definition) is 1. The van der Waals surface area contributed by atoms with Crippen LogP contribution in [-0.4, -0.2) is 28.4 Å². The molecule has 0 amide bonds. The molecule has 0 atom stereocenters. The number of nitrogens with zero attached hydrogens (tertiary/aromatic N) is 2. The first kappa shape index (κ1) is 24.3. The summed E-state index contributed by atoms with van der Waals surface area (Å²) < 4.78 is 29.6. The molecule has 178 valence electrons. The Kier molecular flexibility index (Phi) is 7.69. The molecule has 35 heavy (non-hydrogen) atoms. The zero-order valence-corrected chi connectivity index (χ0v) is 19.8. The summed E-state index contributed by atoms with van der Waals surface area (Å²) in [5.41, 5.74) is 1.96. The Bertz CT molecular complexity index is 1360. The maximum Gasteiger partial charge on any atom is 0.342 e. The molecule has 0 aliphatic carbocycles. The topological polar surface area (TPSA) is 94.7 Å². The minimum atomic E-state index is -1.15. The van der Waals surface area contributed by atoms with Crippen LogP contribution in [-0.2, 0) is 11.4 Å². The summed E-state index contributed by atoms with van der Waals surface area (Å²) in [5, 5.41) is 18.1. The molecule has 1 heterocycles. The van der Waals surface area contributed by atoms with E-state index in [0.717, 1.165) is 17.3 Å². The standard InChI is InChI=1S/C25H18ClFN2O5S/c1-32-21-11-6-17(26)13-20(21)23-28-29-25(34-23)35-22(24(30)31)12-15-4-9-19(10-5-15)33-14-16-2-7-18(27)8-3-16/h2-13H,14H2,1H3,(H,30,31)/b22-12-. The molecule has 0 aliphatic rings. The van der Waals surface area contributed by atoms with Gasteiger partial charge in [-0.25, -0.2) is 9.18 Å². The van der Waals surface area contributed by atoms with Gasteiger partial charge < -0.3 is 19.0 Å². The second kappa shape index (κ2) is 11.1. The zero-order valence-electron chi connectivity index (χ0n) is 18.3. The van der Waals surface area contributed by atoms with Gasteiger partial charge in [-0.2, -0.15) is 0 Å². The second-order valence-electron chi connectivity index (χ2n) is 7.12. The van der Waals surface area contributed by atoms with Crippen molar-refractivity contribution < 1.29 is 28.2 Å². The van der Waals surface area contributed by atoms with Crippen LogP contribution in [0, 0.1) is 5.82 Å². The minimum Gasteiger partial charge on any atom is -0.496 e. The number of methoxy groups -OCH3 is 1. The number of rotatable bonds is 9. The number of carbonyl (C=O) groups is 1. The Balaban J connectivity index is 1.46. The molecule has 1 N–H and O–H groups in total. The van der Waals surface area contributed by atoms with Crippen LogP contribution in [0.5, 0.6) is 11.5 Å². The van der Waals surface area contributed by atoms with Gasteiger partial charge in [0.15, 0.2) is 0 Å². The average molecular weight is 513 g/mol. The molecule has 10 heteroatoms. The Morgan fingerprint density at radius 2 is 1.86 bits per heavy atom. The smallest absolute Gasteiger partial charge is 0.342 e. The predicted octanol–water partition coefficient (Wildman–Crippen LogP) is 6.33. The van der Waals surface area contributed by atoms with E-state index in [4.69, 9.17) is 25.5 Å². The third-order valence-corrected chi connectivity index (χ3v) is 5.79. The maximum atomic E-state index is 13.0. The molecule has 0 saturated carbocycles. The highest BCUT2D eigenvalue weighted by atomic mass is 35.5. The third kappa shape index (κ3) is 6.40. The third-order valence-electron chi connectivity index (χ3n) is 4.70. The summed E-state index contributed by atoms with van der Waals surface area (Å²) >= 11 is 6.88. The number of hydrogen-bond acceptors (Lipinski definition) is 7. The predicted molar refractivity (Wildman–Crippen MR) is 130 cm³/mol. The fourth-order valence-corrected chi connectivity index (χ4v) is 3.84. The average Bonchev–Trinajstić information content (AvgIpc) is 3.32. The summed E-state index contributed by atoms with van der Waals surface area (Å²) in [6.07, 6.45) is 1.49.